The molecule has 0 saturated heterocycles. The molecule has 4 heteroatoms. The van der Waals surface area contributed by atoms with Crippen LogP contribution in [0.25, 0.3) is 6.08 Å². The summed E-state index contributed by atoms with van der Waals surface area (Å²) in [6, 6.07) is 14.8. The van der Waals surface area contributed by atoms with E-state index in [2.05, 4.69) is 0 Å². The first-order valence-corrected chi connectivity index (χ1v) is 6.98. The third kappa shape index (κ3) is 4.66. The number of esters is 1. The molecule has 2 aromatic rings. The first-order valence-electron chi connectivity index (χ1n) is 6.98. The molecule has 0 aliphatic rings. The summed E-state index contributed by atoms with van der Waals surface area (Å²) in [5, 5.41) is 0. The Morgan fingerprint density at radius 1 is 1.05 bits per heavy atom. The highest BCUT2D eigenvalue weighted by atomic mass is 16.5. The normalized spacial score (nSPS) is 10.5. The van der Waals surface area contributed by atoms with Crippen molar-refractivity contribution in [1.82, 2.24) is 0 Å². The molecule has 0 saturated carbocycles. The maximum atomic E-state index is 11.3. The van der Waals surface area contributed by atoms with Crippen molar-refractivity contribution in [2.24, 2.45) is 0 Å². The molecule has 0 atom stereocenters. The van der Waals surface area contributed by atoms with Crippen molar-refractivity contribution < 1.29 is 19.0 Å². The second-order valence-electron chi connectivity index (χ2n) is 4.44. The average Bonchev–Trinajstić information content (AvgIpc) is 2.54. The Balaban J connectivity index is 2.05. The lowest BCUT2D eigenvalue weighted by molar-refractivity contribution is -0.137. The van der Waals surface area contributed by atoms with Crippen LogP contribution in [0, 0.1) is 0 Å². The zero-order valence-electron chi connectivity index (χ0n) is 12.6. The van der Waals surface area contributed by atoms with Crippen LogP contribution in [-0.4, -0.2) is 19.7 Å². The molecule has 2 aromatic carbocycles. The van der Waals surface area contributed by atoms with Gasteiger partial charge in [-0.3, -0.25) is 0 Å². The molecule has 114 valence electrons. The molecule has 0 aliphatic heterocycles. The number of hydrogen-bond donors (Lipinski definition) is 0. The van der Waals surface area contributed by atoms with Gasteiger partial charge in [0.1, 0.15) is 17.2 Å². The topological polar surface area (TPSA) is 44.8 Å². The molecule has 0 fully saturated rings. The Hall–Kier alpha value is -2.75. The van der Waals surface area contributed by atoms with Crippen molar-refractivity contribution in [3.8, 4) is 17.2 Å². The first kappa shape index (κ1) is 15.6. The number of carbonyl (C=O) groups is 1. The van der Waals surface area contributed by atoms with Crippen LogP contribution in [0.3, 0.4) is 0 Å². The largest absolute Gasteiger partial charge is 0.497 e. The van der Waals surface area contributed by atoms with Gasteiger partial charge in [0.15, 0.2) is 0 Å². The van der Waals surface area contributed by atoms with E-state index >= 15 is 0 Å². The van der Waals surface area contributed by atoms with Crippen molar-refractivity contribution in [1.29, 1.82) is 0 Å². The van der Waals surface area contributed by atoms with Crippen molar-refractivity contribution >= 4 is 12.0 Å². The molecule has 0 N–H and O–H groups in total. The lowest BCUT2D eigenvalue weighted by Gasteiger charge is -2.07. The van der Waals surface area contributed by atoms with E-state index in [9.17, 15) is 4.79 Å². The Kier molecular flexibility index (Phi) is 5.60. The van der Waals surface area contributed by atoms with Crippen molar-refractivity contribution in [3.63, 3.8) is 0 Å². The van der Waals surface area contributed by atoms with Gasteiger partial charge in [-0.15, -0.1) is 0 Å². The lowest BCUT2D eigenvalue weighted by Crippen LogP contribution is -1.98. The number of hydrogen-bond acceptors (Lipinski definition) is 4. The predicted molar refractivity (Wildman–Crippen MR) is 85.2 cm³/mol. The van der Waals surface area contributed by atoms with Gasteiger partial charge in [-0.05, 0) is 55.0 Å². The molecule has 4 nitrogen and oxygen atoms in total. The number of methoxy groups -OCH3 is 1. The molecule has 0 aliphatic carbocycles. The van der Waals surface area contributed by atoms with Crippen LogP contribution in [0.4, 0.5) is 0 Å². The van der Waals surface area contributed by atoms with Crippen LogP contribution >= 0.6 is 0 Å². The quantitative estimate of drug-likeness (QED) is 0.596. The van der Waals surface area contributed by atoms with E-state index in [1.807, 2.05) is 48.5 Å². The van der Waals surface area contributed by atoms with Crippen LogP contribution in [0.5, 0.6) is 17.2 Å². The molecule has 0 aromatic heterocycles. The molecule has 0 amide bonds. The summed E-state index contributed by atoms with van der Waals surface area (Å²) in [4.78, 5) is 11.3. The maximum Gasteiger partial charge on any atom is 0.330 e. The minimum atomic E-state index is -0.357. The van der Waals surface area contributed by atoms with Crippen LogP contribution in [-0.2, 0) is 9.53 Å². The van der Waals surface area contributed by atoms with Gasteiger partial charge < -0.3 is 14.2 Å². The van der Waals surface area contributed by atoms with Gasteiger partial charge in [0.2, 0.25) is 0 Å². The first-order chi connectivity index (χ1) is 10.7. The predicted octanol–water partition coefficient (Wildman–Crippen LogP) is 4.06. The summed E-state index contributed by atoms with van der Waals surface area (Å²) < 4.78 is 15.7. The van der Waals surface area contributed by atoms with Gasteiger partial charge in [0.05, 0.1) is 13.7 Å². The fraction of sp³-hybridized carbons (Fsp3) is 0.167. The molecular weight excluding hydrogens is 280 g/mol. The molecular formula is C18H18O4. The standard InChI is InChI=1S/C18H18O4/c1-3-21-18(19)12-7-14-5-4-6-17(13-14)22-16-10-8-15(20-2)9-11-16/h4-13H,3H2,1-2H3/b12-7+. The summed E-state index contributed by atoms with van der Waals surface area (Å²) >= 11 is 0. The Labute approximate surface area is 129 Å². The van der Waals surface area contributed by atoms with E-state index in [0.717, 1.165) is 11.3 Å². The smallest absolute Gasteiger partial charge is 0.330 e. The van der Waals surface area contributed by atoms with E-state index in [-0.39, 0.29) is 5.97 Å². The SMILES string of the molecule is CCOC(=O)/C=C/c1cccc(Oc2ccc(OC)cc2)c1. The third-order valence-corrected chi connectivity index (χ3v) is 2.85. The monoisotopic (exact) mass is 298 g/mol. The van der Waals surface area contributed by atoms with Gasteiger partial charge in [0.25, 0.3) is 0 Å². The summed E-state index contributed by atoms with van der Waals surface area (Å²) in [7, 11) is 1.62. The van der Waals surface area contributed by atoms with Crippen molar-refractivity contribution in [3.05, 3.63) is 60.2 Å². The van der Waals surface area contributed by atoms with Gasteiger partial charge in [-0.1, -0.05) is 12.1 Å². The van der Waals surface area contributed by atoms with Crippen LogP contribution in [0.2, 0.25) is 0 Å². The molecule has 2 rings (SSSR count). The average molecular weight is 298 g/mol. The summed E-state index contributed by atoms with van der Waals surface area (Å²) in [5.41, 5.74) is 0.860. The molecule has 0 unspecified atom stereocenters. The lowest BCUT2D eigenvalue weighted by atomic mass is 10.2. The van der Waals surface area contributed by atoms with E-state index in [1.165, 1.54) is 6.08 Å². The summed E-state index contributed by atoms with van der Waals surface area (Å²) in [6.07, 6.45) is 3.09. The van der Waals surface area contributed by atoms with Crippen LogP contribution in [0.1, 0.15) is 12.5 Å². The number of ether oxygens (including phenoxy) is 3. The van der Waals surface area contributed by atoms with Gasteiger partial charge in [-0.25, -0.2) is 4.79 Å². The highest BCUT2D eigenvalue weighted by molar-refractivity contribution is 5.87. The highest BCUT2D eigenvalue weighted by Gasteiger charge is 2.00. The fourth-order valence-electron chi connectivity index (χ4n) is 1.82. The maximum absolute atomic E-state index is 11.3. The van der Waals surface area contributed by atoms with E-state index in [0.29, 0.717) is 18.1 Å². The molecule has 22 heavy (non-hydrogen) atoms. The molecule has 0 bridgehead atoms. The van der Waals surface area contributed by atoms with E-state index in [1.54, 1.807) is 20.1 Å². The highest BCUT2D eigenvalue weighted by Crippen LogP contribution is 2.24. The van der Waals surface area contributed by atoms with Crippen molar-refractivity contribution in [2.45, 2.75) is 6.92 Å². The number of rotatable bonds is 6. The minimum Gasteiger partial charge on any atom is -0.497 e. The Bertz CT molecular complexity index is 644. The summed E-state index contributed by atoms with van der Waals surface area (Å²) in [6.45, 7) is 2.14. The Morgan fingerprint density at radius 2 is 1.77 bits per heavy atom. The minimum absolute atomic E-state index is 0.357. The third-order valence-electron chi connectivity index (χ3n) is 2.85. The molecule has 0 spiro atoms. The van der Waals surface area contributed by atoms with E-state index < -0.39 is 0 Å². The second-order valence-corrected chi connectivity index (χ2v) is 4.44. The summed E-state index contributed by atoms with van der Waals surface area (Å²) in [5.74, 6) is 1.82. The molecule has 0 radical (unpaired) electrons. The van der Waals surface area contributed by atoms with Crippen LogP contribution < -0.4 is 9.47 Å². The number of benzene rings is 2. The fourth-order valence-corrected chi connectivity index (χ4v) is 1.82. The molecule has 0 heterocycles. The Morgan fingerprint density at radius 3 is 2.45 bits per heavy atom. The second kappa shape index (κ2) is 7.88. The van der Waals surface area contributed by atoms with Crippen LogP contribution in [0.15, 0.2) is 54.6 Å². The number of carbonyl (C=O) groups excluding carboxylic acids is 1. The van der Waals surface area contributed by atoms with Gasteiger partial charge >= 0.3 is 5.97 Å². The van der Waals surface area contributed by atoms with Gasteiger partial charge in [0, 0.05) is 6.08 Å². The van der Waals surface area contributed by atoms with Gasteiger partial charge in [-0.2, -0.15) is 0 Å². The van der Waals surface area contributed by atoms with Crippen molar-refractivity contribution in [2.75, 3.05) is 13.7 Å². The zero-order valence-corrected chi connectivity index (χ0v) is 12.6. The van der Waals surface area contributed by atoms with E-state index in [4.69, 9.17) is 14.2 Å². The zero-order chi connectivity index (χ0) is 15.8.